The Morgan fingerprint density at radius 3 is 2.04 bits per heavy atom. The van der Waals surface area contributed by atoms with Crippen LogP contribution in [0.4, 0.5) is 0 Å². The highest BCUT2D eigenvalue weighted by molar-refractivity contribution is 5.46. The number of aliphatic hydroxyl groups is 9. The van der Waals surface area contributed by atoms with E-state index in [2.05, 4.69) is 46.8 Å². The van der Waals surface area contributed by atoms with Crippen LogP contribution in [0, 0.1) is 44.3 Å². The molecule has 13 heteroatoms. The second kappa shape index (κ2) is 14.3. The highest BCUT2D eigenvalue weighted by atomic mass is 16.7. The summed E-state index contributed by atoms with van der Waals surface area (Å²) >= 11 is 0. The molecule has 0 amide bonds. The van der Waals surface area contributed by atoms with Gasteiger partial charge in [-0.15, -0.1) is 0 Å². The van der Waals surface area contributed by atoms with Crippen molar-refractivity contribution < 1.29 is 64.9 Å². The van der Waals surface area contributed by atoms with Gasteiger partial charge in [0.25, 0.3) is 0 Å². The smallest absolute Gasteiger partial charge is 0.187 e. The first-order valence-electron chi connectivity index (χ1n) is 20.6. The number of allylic oxidation sites excluding steroid dienone is 4. The first-order valence-corrected chi connectivity index (χ1v) is 20.6. The summed E-state index contributed by atoms with van der Waals surface area (Å²) in [6.07, 6.45) is -4.66. The molecule has 19 atom stereocenters. The van der Waals surface area contributed by atoms with Crippen molar-refractivity contribution in [2.75, 3.05) is 19.8 Å². The SMILES string of the molecule is CC1O[C@H](OC2CC[C@@]3(C)C4=CC=C5[C@@H]6CC(C)(C)CC[C@@]6(CO)C(O)C[C@@]5(C)[C@@]4(C)CC[C@@H]3[C@]2(C)CO)C(O)C(O[C@H]2OC(CO)C(O)C(O)C2O)C1O. The van der Waals surface area contributed by atoms with E-state index < -0.39 is 91.1 Å². The molecule has 0 radical (unpaired) electrons. The Bertz CT molecular complexity index is 1500. The molecule has 13 nitrogen and oxygen atoms in total. The van der Waals surface area contributed by atoms with Gasteiger partial charge in [0.15, 0.2) is 12.6 Å². The minimum atomic E-state index is -1.73. The number of ether oxygens (including phenoxy) is 4. The third-order valence-corrected chi connectivity index (χ3v) is 16.9. The molecule has 6 fully saturated rings. The van der Waals surface area contributed by atoms with E-state index in [-0.39, 0.29) is 46.7 Å². The fraction of sp³-hybridized carbons (Fsp3) is 0.905. The zero-order valence-corrected chi connectivity index (χ0v) is 33.7. The second-order valence-electron chi connectivity index (χ2n) is 20.2. The van der Waals surface area contributed by atoms with Crippen LogP contribution in [-0.2, 0) is 18.9 Å². The molecule has 2 saturated heterocycles. The van der Waals surface area contributed by atoms with Crippen molar-refractivity contribution in [2.45, 2.75) is 173 Å². The van der Waals surface area contributed by atoms with Crippen LogP contribution in [0.3, 0.4) is 0 Å². The summed E-state index contributed by atoms with van der Waals surface area (Å²) in [6.45, 7) is 14.4. The summed E-state index contributed by atoms with van der Waals surface area (Å²) in [6, 6.07) is 0. The largest absolute Gasteiger partial charge is 0.396 e. The third-order valence-electron chi connectivity index (χ3n) is 16.9. The summed E-state index contributed by atoms with van der Waals surface area (Å²) in [5.41, 5.74) is 0.594. The van der Waals surface area contributed by atoms with E-state index in [1.54, 1.807) is 6.92 Å². The van der Waals surface area contributed by atoms with Gasteiger partial charge in [0.2, 0.25) is 0 Å². The molecule has 0 aromatic heterocycles. The van der Waals surface area contributed by atoms with Crippen molar-refractivity contribution in [3.63, 3.8) is 0 Å². The second-order valence-corrected chi connectivity index (χ2v) is 20.2. The summed E-state index contributed by atoms with van der Waals surface area (Å²) in [4.78, 5) is 0. The van der Waals surface area contributed by atoms with Crippen molar-refractivity contribution in [3.05, 3.63) is 23.3 Å². The molecule has 5 aliphatic carbocycles. The average molecular weight is 781 g/mol. The van der Waals surface area contributed by atoms with Gasteiger partial charge in [-0.1, -0.05) is 64.8 Å². The minimum absolute atomic E-state index is 0.00908. The quantitative estimate of drug-likeness (QED) is 0.168. The highest BCUT2D eigenvalue weighted by Crippen LogP contribution is 2.74. The van der Waals surface area contributed by atoms with Crippen molar-refractivity contribution >= 4 is 0 Å². The maximum Gasteiger partial charge on any atom is 0.187 e. The molecule has 7 aliphatic rings. The molecule has 0 spiro atoms. The standard InChI is InChI=1S/C42H68O13/c1-21-29(47)34(55-35-32(50)31(49)30(48)24(18-43)53-35)33(51)36(52-21)54-28-11-12-38(4)25(39(28,5)19-44)10-13-40(6)26(38)9-8-22-23-16-37(2,3)14-15-42(23,20-45)27(46)17-41(22,40)7/h8-9,21,23-25,27-36,43-51H,10-20H2,1-7H3/t21?,23-,24?,25-,27?,28?,29?,30?,31?,32?,33?,34?,35+,36+,38+,39-,40-,41+,42-/m0/s1. The summed E-state index contributed by atoms with van der Waals surface area (Å²) in [7, 11) is 0. The normalized spacial score (nSPS) is 54.9. The highest BCUT2D eigenvalue weighted by Gasteiger charge is 2.69. The molecular formula is C42H68O13. The van der Waals surface area contributed by atoms with Crippen LogP contribution in [0.25, 0.3) is 0 Å². The van der Waals surface area contributed by atoms with Gasteiger partial charge in [-0.3, -0.25) is 0 Å². The van der Waals surface area contributed by atoms with Crippen LogP contribution in [0.15, 0.2) is 23.3 Å². The van der Waals surface area contributed by atoms with E-state index in [9.17, 15) is 46.0 Å². The van der Waals surface area contributed by atoms with Crippen molar-refractivity contribution in [1.82, 2.24) is 0 Å². The van der Waals surface area contributed by atoms with E-state index in [1.165, 1.54) is 11.1 Å². The lowest BCUT2D eigenvalue weighted by Crippen LogP contribution is -2.66. The van der Waals surface area contributed by atoms with Crippen LogP contribution < -0.4 is 0 Å². The van der Waals surface area contributed by atoms with Crippen LogP contribution >= 0.6 is 0 Å². The Balaban J connectivity index is 1.15. The molecule has 55 heavy (non-hydrogen) atoms. The topological polar surface area (TPSA) is 219 Å². The van der Waals surface area contributed by atoms with Crippen molar-refractivity contribution in [2.24, 2.45) is 44.3 Å². The lowest BCUT2D eigenvalue weighted by atomic mass is 9.35. The van der Waals surface area contributed by atoms with Crippen LogP contribution in [0.5, 0.6) is 0 Å². The Morgan fingerprint density at radius 1 is 0.691 bits per heavy atom. The van der Waals surface area contributed by atoms with Gasteiger partial charge in [-0.2, -0.15) is 0 Å². The van der Waals surface area contributed by atoms with Gasteiger partial charge < -0.3 is 64.9 Å². The number of hydrogen-bond donors (Lipinski definition) is 9. The number of rotatable bonds is 7. The van der Waals surface area contributed by atoms with E-state index in [0.717, 1.165) is 38.5 Å². The van der Waals surface area contributed by atoms with Crippen molar-refractivity contribution in [3.8, 4) is 0 Å². The summed E-state index contributed by atoms with van der Waals surface area (Å²) in [5.74, 6) is 0.0727. The minimum Gasteiger partial charge on any atom is -0.396 e. The zero-order chi connectivity index (χ0) is 40.3. The molecule has 0 bridgehead atoms. The van der Waals surface area contributed by atoms with Crippen LogP contribution in [0.2, 0.25) is 0 Å². The Hall–Kier alpha value is -1.04. The first kappa shape index (κ1) is 42.1. The molecule has 0 aromatic rings. The van der Waals surface area contributed by atoms with Gasteiger partial charge in [0.05, 0.1) is 38.1 Å². The first-order chi connectivity index (χ1) is 25.7. The van der Waals surface area contributed by atoms with Gasteiger partial charge in [0.1, 0.15) is 42.7 Å². The maximum atomic E-state index is 12.0. The maximum absolute atomic E-state index is 12.0. The fourth-order valence-corrected chi connectivity index (χ4v) is 13.0. The Labute approximate surface area is 325 Å². The van der Waals surface area contributed by atoms with E-state index >= 15 is 0 Å². The molecule has 0 aromatic carbocycles. The summed E-state index contributed by atoms with van der Waals surface area (Å²) in [5, 5.41) is 97.6. The molecule has 7 rings (SSSR count). The van der Waals surface area contributed by atoms with Crippen LogP contribution in [-0.4, -0.2) is 139 Å². The van der Waals surface area contributed by atoms with Gasteiger partial charge in [-0.05, 0) is 86.4 Å². The van der Waals surface area contributed by atoms with Gasteiger partial charge in [0, 0.05) is 16.2 Å². The Kier molecular flexibility index (Phi) is 11.0. The van der Waals surface area contributed by atoms with E-state index in [1.807, 2.05) is 6.92 Å². The molecule has 2 aliphatic heterocycles. The van der Waals surface area contributed by atoms with Crippen LogP contribution in [0.1, 0.15) is 99.8 Å². The molecule has 4 saturated carbocycles. The zero-order valence-electron chi connectivity index (χ0n) is 33.7. The lowest BCUT2D eigenvalue weighted by molar-refractivity contribution is -0.366. The predicted octanol–water partition coefficient (Wildman–Crippen LogP) is 1.68. The third kappa shape index (κ3) is 6.12. The molecule has 2 heterocycles. The lowest BCUT2D eigenvalue weighted by Gasteiger charge is -2.69. The number of aliphatic hydroxyl groups excluding tert-OH is 9. The average Bonchev–Trinajstić information content (AvgIpc) is 3.13. The van der Waals surface area contributed by atoms with Gasteiger partial charge >= 0.3 is 0 Å². The van der Waals surface area contributed by atoms with E-state index in [4.69, 9.17) is 18.9 Å². The molecular weight excluding hydrogens is 712 g/mol. The fourth-order valence-electron chi connectivity index (χ4n) is 13.0. The molecule has 314 valence electrons. The molecule has 10 unspecified atom stereocenters. The van der Waals surface area contributed by atoms with E-state index in [0.29, 0.717) is 12.8 Å². The number of hydrogen-bond acceptors (Lipinski definition) is 13. The molecule has 9 N–H and O–H groups in total. The monoisotopic (exact) mass is 780 g/mol. The van der Waals surface area contributed by atoms with Crippen molar-refractivity contribution in [1.29, 1.82) is 0 Å². The predicted molar refractivity (Wildman–Crippen MR) is 199 cm³/mol. The van der Waals surface area contributed by atoms with Gasteiger partial charge in [-0.25, -0.2) is 0 Å². The summed E-state index contributed by atoms with van der Waals surface area (Å²) < 4.78 is 24.0. The Morgan fingerprint density at radius 2 is 1.38 bits per heavy atom. The number of fused-ring (bicyclic) bond motifs is 7.